The molecule has 0 radical (unpaired) electrons. The first-order valence-electron chi connectivity index (χ1n) is 5.90. The number of nitrogens with one attached hydrogen (secondary N) is 1. The topological polar surface area (TPSA) is 50.2 Å². The first kappa shape index (κ1) is 12.6. The highest BCUT2D eigenvalue weighted by Crippen LogP contribution is 2.24. The lowest BCUT2D eigenvalue weighted by Gasteiger charge is -2.29. The Morgan fingerprint density at radius 3 is 2.65 bits per heavy atom. The third-order valence-electron chi connectivity index (χ3n) is 3.14. The van der Waals surface area contributed by atoms with Gasteiger partial charge in [-0.1, -0.05) is 0 Å². The third kappa shape index (κ3) is 2.52. The van der Waals surface area contributed by atoms with E-state index in [1.807, 2.05) is 25.7 Å². The molecule has 0 spiro atoms. The molecular weight excluding hydrogens is 236 g/mol. The van der Waals surface area contributed by atoms with Crippen LogP contribution in [0.1, 0.15) is 11.3 Å². The maximum absolute atomic E-state index is 11.4. The summed E-state index contributed by atoms with van der Waals surface area (Å²) in [6.07, 6.45) is 0. The van der Waals surface area contributed by atoms with E-state index in [1.54, 1.807) is 0 Å². The number of anilines is 1. The Hall–Kier alpha value is -0.880. The molecule has 2 heterocycles. The molecule has 1 aliphatic heterocycles. The molecule has 0 aliphatic carbocycles. The summed E-state index contributed by atoms with van der Waals surface area (Å²) < 4.78 is 13.3. The molecule has 0 aromatic carbocycles. The van der Waals surface area contributed by atoms with Gasteiger partial charge in [-0.05, 0) is 14.0 Å². The molecular formula is C11H20N4OS. The van der Waals surface area contributed by atoms with Crippen molar-refractivity contribution >= 4 is 16.6 Å². The molecule has 17 heavy (non-hydrogen) atoms. The van der Waals surface area contributed by atoms with Gasteiger partial charge in [0.1, 0.15) is 5.82 Å². The van der Waals surface area contributed by atoms with E-state index >= 15 is 0 Å². The second-order valence-corrected chi connectivity index (χ2v) is 6.07. The Labute approximate surface area is 105 Å². The van der Waals surface area contributed by atoms with Gasteiger partial charge in [0, 0.05) is 54.6 Å². The number of aryl methyl sites for hydroxylation is 2. The summed E-state index contributed by atoms with van der Waals surface area (Å²) in [7, 11) is 3.29. The Kier molecular flexibility index (Phi) is 3.83. The molecule has 0 atom stereocenters. The molecule has 96 valence electrons. The molecule has 0 amide bonds. The number of rotatable bonds is 3. The zero-order valence-electron chi connectivity index (χ0n) is 10.7. The van der Waals surface area contributed by atoms with Crippen LogP contribution in [0.5, 0.6) is 0 Å². The minimum absolute atomic E-state index is 0.632. The first-order valence-corrected chi connectivity index (χ1v) is 7.39. The SMILES string of the molecule is CNCc1c(C)nn(C)c1N1CCS(=O)CC1. The maximum atomic E-state index is 11.4. The molecule has 0 saturated carbocycles. The van der Waals surface area contributed by atoms with Crippen LogP contribution in [-0.4, -0.2) is 45.6 Å². The highest BCUT2D eigenvalue weighted by Gasteiger charge is 2.22. The third-order valence-corrected chi connectivity index (χ3v) is 4.42. The summed E-state index contributed by atoms with van der Waals surface area (Å²) in [4.78, 5) is 2.30. The summed E-state index contributed by atoms with van der Waals surface area (Å²) in [5, 5.41) is 7.67. The van der Waals surface area contributed by atoms with E-state index in [0.29, 0.717) is 0 Å². The Morgan fingerprint density at radius 2 is 2.06 bits per heavy atom. The van der Waals surface area contributed by atoms with Crippen molar-refractivity contribution in [1.29, 1.82) is 0 Å². The molecule has 0 bridgehead atoms. The minimum atomic E-state index is -0.632. The van der Waals surface area contributed by atoms with Crippen LogP contribution >= 0.6 is 0 Å². The van der Waals surface area contributed by atoms with E-state index in [2.05, 4.69) is 15.3 Å². The van der Waals surface area contributed by atoms with Gasteiger partial charge in [-0.3, -0.25) is 8.89 Å². The highest BCUT2D eigenvalue weighted by atomic mass is 32.2. The average Bonchev–Trinajstić information content (AvgIpc) is 2.56. The molecule has 2 rings (SSSR count). The first-order chi connectivity index (χ1) is 8.13. The van der Waals surface area contributed by atoms with Crippen LogP contribution in [0.15, 0.2) is 0 Å². The molecule has 1 aliphatic rings. The van der Waals surface area contributed by atoms with E-state index < -0.39 is 10.8 Å². The summed E-state index contributed by atoms with van der Waals surface area (Å²) in [5.41, 5.74) is 2.33. The summed E-state index contributed by atoms with van der Waals surface area (Å²) in [6, 6.07) is 0. The van der Waals surface area contributed by atoms with Crippen molar-refractivity contribution in [2.75, 3.05) is 36.5 Å². The zero-order chi connectivity index (χ0) is 12.4. The fourth-order valence-corrected chi connectivity index (χ4v) is 3.37. The minimum Gasteiger partial charge on any atom is -0.355 e. The monoisotopic (exact) mass is 256 g/mol. The lowest BCUT2D eigenvalue weighted by molar-refractivity contribution is 0.664. The van der Waals surface area contributed by atoms with E-state index in [1.165, 1.54) is 11.4 Å². The van der Waals surface area contributed by atoms with Crippen molar-refractivity contribution in [2.45, 2.75) is 13.5 Å². The fraction of sp³-hybridized carbons (Fsp3) is 0.727. The zero-order valence-corrected chi connectivity index (χ0v) is 11.5. The second kappa shape index (κ2) is 5.18. The Bertz CT molecular complexity index is 419. The molecule has 1 fully saturated rings. The van der Waals surface area contributed by atoms with Crippen molar-refractivity contribution in [1.82, 2.24) is 15.1 Å². The summed E-state index contributed by atoms with van der Waals surface area (Å²) in [5.74, 6) is 2.71. The van der Waals surface area contributed by atoms with E-state index in [4.69, 9.17) is 0 Å². The van der Waals surface area contributed by atoms with E-state index in [9.17, 15) is 4.21 Å². The summed E-state index contributed by atoms with van der Waals surface area (Å²) >= 11 is 0. The Balaban J connectivity index is 2.27. The average molecular weight is 256 g/mol. The van der Waals surface area contributed by atoms with Crippen molar-refractivity contribution in [3.05, 3.63) is 11.3 Å². The molecule has 1 N–H and O–H groups in total. The lowest BCUT2D eigenvalue weighted by Crippen LogP contribution is -2.39. The van der Waals surface area contributed by atoms with Crippen molar-refractivity contribution in [3.8, 4) is 0 Å². The molecule has 1 aromatic heterocycles. The van der Waals surface area contributed by atoms with Gasteiger partial charge in [0.15, 0.2) is 0 Å². The van der Waals surface area contributed by atoms with E-state index in [0.717, 1.165) is 36.8 Å². The van der Waals surface area contributed by atoms with Crippen LogP contribution in [0, 0.1) is 6.92 Å². The largest absolute Gasteiger partial charge is 0.355 e. The van der Waals surface area contributed by atoms with Crippen LogP contribution < -0.4 is 10.2 Å². The van der Waals surface area contributed by atoms with Crippen molar-refractivity contribution < 1.29 is 4.21 Å². The van der Waals surface area contributed by atoms with Crippen LogP contribution in [0.4, 0.5) is 5.82 Å². The number of hydrogen-bond donors (Lipinski definition) is 1. The van der Waals surface area contributed by atoms with E-state index in [-0.39, 0.29) is 0 Å². The van der Waals surface area contributed by atoms with Gasteiger partial charge in [0.25, 0.3) is 0 Å². The van der Waals surface area contributed by atoms with Gasteiger partial charge in [-0.25, -0.2) is 0 Å². The van der Waals surface area contributed by atoms with Gasteiger partial charge < -0.3 is 10.2 Å². The predicted molar refractivity (Wildman–Crippen MR) is 70.8 cm³/mol. The van der Waals surface area contributed by atoms with Gasteiger partial charge in [-0.15, -0.1) is 0 Å². The van der Waals surface area contributed by atoms with Crippen LogP contribution in [0.3, 0.4) is 0 Å². The number of hydrogen-bond acceptors (Lipinski definition) is 4. The molecule has 0 unspecified atom stereocenters. The molecule has 5 nitrogen and oxygen atoms in total. The predicted octanol–water partition coefficient (Wildman–Crippen LogP) is 0.0166. The molecule has 1 saturated heterocycles. The normalized spacial score (nSPS) is 17.7. The van der Waals surface area contributed by atoms with Gasteiger partial charge in [-0.2, -0.15) is 5.10 Å². The second-order valence-electron chi connectivity index (χ2n) is 4.38. The Morgan fingerprint density at radius 1 is 1.41 bits per heavy atom. The van der Waals surface area contributed by atoms with Crippen LogP contribution in [-0.2, 0) is 24.4 Å². The van der Waals surface area contributed by atoms with Crippen LogP contribution in [0.2, 0.25) is 0 Å². The van der Waals surface area contributed by atoms with Crippen LogP contribution in [0.25, 0.3) is 0 Å². The number of nitrogens with zero attached hydrogens (tertiary/aromatic N) is 3. The molecule has 1 aromatic rings. The smallest absolute Gasteiger partial charge is 0.131 e. The van der Waals surface area contributed by atoms with Crippen molar-refractivity contribution in [2.24, 2.45) is 7.05 Å². The van der Waals surface area contributed by atoms with Gasteiger partial charge in [0.2, 0.25) is 0 Å². The lowest BCUT2D eigenvalue weighted by atomic mass is 10.2. The van der Waals surface area contributed by atoms with Gasteiger partial charge >= 0.3 is 0 Å². The molecule has 6 heteroatoms. The fourth-order valence-electron chi connectivity index (χ4n) is 2.32. The quantitative estimate of drug-likeness (QED) is 0.828. The van der Waals surface area contributed by atoms with Gasteiger partial charge in [0.05, 0.1) is 5.69 Å². The number of aromatic nitrogens is 2. The highest BCUT2D eigenvalue weighted by molar-refractivity contribution is 7.85. The standard InChI is InChI=1S/C11H20N4OS/c1-9-10(8-12-2)11(14(3)13-9)15-4-6-17(16)7-5-15/h12H,4-8H2,1-3H3. The maximum Gasteiger partial charge on any atom is 0.131 e. The van der Waals surface area contributed by atoms with Crippen molar-refractivity contribution in [3.63, 3.8) is 0 Å². The summed E-state index contributed by atoms with van der Waals surface area (Å²) in [6.45, 7) is 4.59.